The molecular formula is C14H21FN2O3S. The maximum absolute atomic E-state index is 12.7. The van der Waals surface area contributed by atoms with Crippen LogP contribution in [0.4, 0.5) is 4.39 Å². The summed E-state index contributed by atoms with van der Waals surface area (Å²) in [4.78, 5) is 11.5. The van der Waals surface area contributed by atoms with E-state index in [0.717, 1.165) is 31.4 Å². The summed E-state index contributed by atoms with van der Waals surface area (Å²) in [5, 5.41) is 2.73. The second-order valence-electron chi connectivity index (χ2n) is 4.66. The van der Waals surface area contributed by atoms with E-state index in [0.29, 0.717) is 6.54 Å². The number of carbonyl (C=O) groups excluding carboxylic acids is 1. The van der Waals surface area contributed by atoms with E-state index >= 15 is 0 Å². The van der Waals surface area contributed by atoms with Crippen molar-refractivity contribution in [3.8, 4) is 0 Å². The maximum Gasteiger partial charge on any atom is 0.240 e. The van der Waals surface area contributed by atoms with Gasteiger partial charge in [-0.15, -0.1) is 0 Å². The second kappa shape index (κ2) is 8.74. The van der Waals surface area contributed by atoms with Gasteiger partial charge in [0, 0.05) is 19.5 Å². The van der Waals surface area contributed by atoms with Crippen molar-refractivity contribution in [2.75, 3.05) is 13.1 Å². The van der Waals surface area contributed by atoms with Crippen molar-refractivity contribution in [3.63, 3.8) is 0 Å². The molecule has 0 spiro atoms. The van der Waals surface area contributed by atoms with Gasteiger partial charge in [-0.2, -0.15) is 0 Å². The highest BCUT2D eigenvalue weighted by atomic mass is 32.2. The fourth-order valence-electron chi connectivity index (χ4n) is 1.69. The molecule has 118 valence electrons. The van der Waals surface area contributed by atoms with Crippen molar-refractivity contribution in [1.82, 2.24) is 10.0 Å². The lowest BCUT2D eigenvalue weighted by atomic mass is 10.2. The summed E-state index contributed by atoms with van der Waals surface area (Å²) in [6.07, 6.45) is 3.13. The minimum absolute atomic E-state index is 0.0132. The second-order valence-corrected chi connectivity index (χ2v) is 6.43. The molecular weight excluding hydrogens is 295 g/mol. The molecule has 1 aromatic carbocycles. The van der Waals surface area contributed by atoms with Gasteiger partial charge in [-0.1, -0.05) is 19.8 Å². The molecule has 2 N–H and O–H groups in total. The van der Waals surface area contributed by atoms with Crippen molar-refractivity contribution in [1.29, 1.82) is 0 Å². The van der Waals surface area contributed by atoms with Gasteiger partial charge in [0.05, 0.1) is 4.90 Å². The van der Waals surface area contributed by atoms with Crippen molar-refractivity contribution < 1.29 is 17.6 Å². The van der Waals surface area contributed by atoms with Gasteiger partial charge in [-0.25, -0.2) is 17.5 Å². The third-order valence-corrected chi connectivity index (χ3v) is 4.35. The average molecular weight is 316 g/mol. The first-order chi connectivity index (χ1) is 9.95. The van der Waals surface area contributed by atoms with Crippen molar-refractivity contribution in [3.05, 3.63) is 30.1 Å². The number of carbonyl (C=O) groups is 1. The normalized spacial score (nSPS) is 11.3. The lowest BCUT2D eigenvalue weighted by Gasteiger charge is -2.07. The Bertz CT molecular complexity index is 544. The Morgan fingerprint density at radius 2 is 1.81 bits per heavy atom. The smallest absolute Gasteiger partial charge is 0.240 e. The molecule has 5 nitrogen and oxygen atoms in total. The van der Waals surface area contributed by atoms with Gasteiger partial charge in [0.15, 0.2) is 0 Å². The molecule has 0 saturated heterocycles. The summed E-state index contributed by atoms with van der Waals surface area (Å²) in [7, 11) is -3.70. The predicted molar refractivity (Wildman–Crippen MR) is 78.7 cm³/mol. The highest BCUT2D eigenvalue weighted by Crippen LogP contribution is 2.09. The SMILES string of the molecule is CCCCCNC(=O)CCNS(=O)(=O)c1ccc(F)cc1. The Labute approximate surface area is 125 Å². The van der Waals surface area contributed by atoms with Gasteiger partial charge in [-0.3, -0.25) is 4.79 Å². The molecule has 1 aromatic rings. The van der Waals surface area contributed by atoms with Gasteiger partial charge in [0.2, 0.25) is 15.9 Å². The number of hydrogen-bond acceptors (Lipinski definition) is 3. The summed E-state index contributed by atoms with van der Waals surface area (Å²) < 4.78 is 38.8. The molecule has 1 rings (SSSR count). The lowest BCUT2D eigenvalue weighted by Crippen LogP contribution is -2.31. The van der Waals surface area contributed by atoms with Crippen molar-refractivity contribution in [2.24, 2.45) is 0 Å². The Morgan fingerprint density at radius 3 is 2.43 bits per heavy atom. The Kier molecular flexibility index (Phi) is 7.31. The van der Waals surface area contributed by atoms with E-state index < -0.39 is 15.8 Å². The van der Waals surface area contributed by atoms with Crippen LogP contribution in [0.5, 0.6) is 0 Å². The predicted octanol–water partition coefficient (Wildman–Crippen LogP) is 1.80. The van der Waals surface area contributed by atoms with E-state index in [1.807, 2.05) is 0 Å². The van der Waals surface area contributed by atoms with Crippen LogP contribution in [0.25, 0.3) is 0 Å². The minimum atomic E-state index is -3.70. The van der Waals surface area contributed by atoms with E-state index in [-0.39, 0.29) is 23.8 Å². The molecule has 0 aliphatic carbocycles. The molecule has 1 amide bonds. The molecule has 0 aliphatic heterocycles. The van der Waals surface area contributed by atoms with Gasteiger partial charge in [0.25, 0.3) is 0 Å². The van der Waals surface area contributed by atoms with Gasteiger partial charge in [-0.05, 0) is 30.7 Å². The van der Waals surface area contributed by atoms with Crippen LogP contribution in [-0.2, 0) is 14.8 Å². The third kappa shape index (κ3) is 6.68. The van der Waals surface area contributed by atoms with E-state index in [1.54, 1.807) is 0 Å². The zero-order chi connectivity index (χ0) is 15.7. The van der Waals surface area contributed by atoms with Crippen molar-refractivity contribution in [2.45, 2.75) is 37.5 Å². The Morgan fingerprint density at radius 1 is 1.14 bits per heavy atom. The average Bonchev–Trinajstić information content (AvgIpc) is 2.44. The van der Waals surface area contributed by atoms with Crippen LogP contribution in [0.15, 0.2) is 29.2 Å². The zero-order valence-electron chi connectivity index (χ0n) is 12.1. The first-order valence-corrected chi connectivity index (χ1v) is 8.46. The van der Waals surface area contributed by atoms with Crippen LogP contribution in [0.1, 0.15) is 32.6 Å². The molecule has 0 aliphatic rings. The van der Waals surface area contributed by atoms with Crippen LogP contribution in [-0.4, -0.2) is 27.4 Å². The Hall–Kier alpha value is -1.47. The highest BCUT2D eigenvalue weighted by molar-refractivity contribution is 7.89. The van der Waals surface area contributed by atoms with E-state index in [9.17, 15) is 17.6 Å². The molecule has 0 heterocycles. The minimum Gasteiger partial charge on any atom is -0.356 e. The van der Waals surface area contributed by atoms with E-state index in [2.05, 4.69) is 17.0 Å². The number of hydrogen-bond donors (Lipinski definition) is 2. The first-order valence-electron chi connectivity index (χ1n) is 6.97. The summed E-state index contributed by atoms with van der Waals surface area (Å²) in [6.45, 7) is 2.70. The molecule has 0 atom stereocenters. The number of nitrogens with one attached hydrogen (secondary N) is 2. The van der Waals surface area contributed by atoms with E-state index in [1.165, 1.54) is 12.1 Å². The standard InChI is InChI=1S/C14H21FN2O3S/c1-2-3-4-10-16-14(18)9-11-17-21(19,20)13-7-5-12(15)6-8-13/h5-8,17H,2-4,9-11H2,1H3,(H,16,18). The molecule has 21 heavy (non-hydrogen) atoms. The third-order valence-electron chi connectivity index (χ3n) is 2.87. The monoisotopic (exact) mass is 316 g/mol. The summed E-state index contributed by atoms with van der Waals surface area (Å²) in [5.74, 6) is -0.687. The van der Waals surface area contributed by atoms with Crippen LogP contribution in [0.3, 0.4) is 0 Å². The van der Waals surface area contributed by atoms with Crippen LogP contribution in [0.2, 0.25) is 0 Å². The molecule has 0 radical (unpaired) electrons. The van der Waals surface area contributed by atoms with Crippen LogP contribution >= 0.6 is 0 Å². The maximum atomic E-state index is 12.7. The number of amides is 1. The van der Waals surface area contributed by atoms with Gasteiger partial charge < -0.3 is 5.32 Å². The molecule has 0 saturated carbocycles. The number of sulfonamides is 1. The van der Waals surface area contributed by atoms with Crippen LogP contribution in [0, 0.1) is 5.82 Å². The highest BCUT2D eigenvalue weighted by Gasteiger charge is 2.13. The quantitative estimate of drug-likeness (QED) is 0.682. The topological polar surface area (TPSA) is 75.3 Å². The number of halogens is 1. The fourth-order valence-corrected chi connectivity index (χ4v) is 2.72. The summed E-state index contributed by atoms with van der Waals surface area (Å²) in [5.41, 5.74) is 0. The largest absolute Gasteiger partial charge is 0.356 e. The molecule has 0 unspecified atom stereocenters. The number of benzene rings is 1. The lowest BCUT2D eigenvalue weighted by molar-refractivity contribution is -0.120. The van der Waals surface area contributed by atoms with E-state index in [4.69, 9.17) is 0 Å². The molecule has 0 fully saturated rings. The zero-order valence-corrected chi connectivity index (χ0v) is 12.9. The number of unbranched alkanes of at least 4 members (excludes halogenated alkanes) is 2. The van der Waals surface area contributed by atoms with Crippen LogP contribution < -0.4 is 10.0 Å². The van der Waals surface area contributed by atoms with Gasteiger partial charge in [0.1, 0.15) is 5.82 Å². The molecule has 0 aromatic heterocycles. The molecule has 7 heteroatoms. The van der Waals surface area contributed by atoms with Gasteiger partial charge >= 0.3 is 0 Å². The summed E-state index contributed by atoms with van der Waals surface area (Å²) >= 11 is 0. The summed E-state index contributed by atoms with van der Waals surface area (Å²) in [6, 6.07) is 4.52. The first kappa shape index (κ1) is 17.6. The number of rotatable bonds is 9. The van der Waals surface area contributed by atoms with Crippen molar-refractivity contribution >= 4 is 15.9 Å². The fraction of sp³-hybridized carbons (Fsp3) is 0.500. The Balaban J connectivity index is 2.34. The molecule has 0 bridgehead atoms.